The zero-order valence-electron chi connectivity index (χ0n) is 26.4. The van der Waals surface area contributed by atoms with Crippen LogP contribution in [-0.4, -0.2) is 56.7 Å². The molecular weight excluding hydrogens is 600 g/mol. The smallest absolute Gasteiger partial charge is 0.337 e. The van der Waals surface area contributed by atoms with Crippen molar-refractivity contribution in [3.8, 4) is 17.0 Å². The summed E-state index contributed by atoms with van der Waals surface area (Å²) in [5, 5.41) is 20.0. The fraction of sp³-hybridized carbons (Fsp3) is 0.364. The molecule has 2 amide bonds. The topological polar surface area (TPSA) is 144 Å². The van der Waals surface area contributed by atoms with Gasteiger partial charge < -0.3 is 25.2 Å². The number of halogens is 2. The number of aryl methyl sites for hydroxylation is 1. The first-order valence-electron chi connectivity index (χ1n) is 14.7. The number of ether oxygens (including phenoxy) is 2. The summed E-state index contributed by atoms with van der Waals surface area (Å²) in [6.45, 7) is 8.85. The average Bonchev–Trinajstić information content (AvgIpc) is 3.43. The highest BCUT2D eigenvalue weighted by Gasteiger charge is 2.35. The Hall–Kier alpha value is -4.91. The molecule has 0 spiro atoms. The van der Waals surface area contributed by atoms with Gasteiger partial charge in [-0.15, -0.1) is 0 Å². The van der Waals surface area contributed by atoms with Gasteiger partial charge in [-0.25, -0.2) is 23.1 Å². The summed E-state index contributed by atoms with van der Waals surface area (Å²) in [7, 11) is 1.41. The highest BCUT2D eigenvalue weighted by atomic mass is 19.1. The number of carboxylic acid groups (broad SMARTS) is 1. The van der Waals surface area contributed by atoms with Crippen molar-refractivity contribution < 1.29 is 37.7 Å². The van der Waals surface area contributed by atoms with Gasteiger partial charge in [-0.1, -0.05) is 6.07 Å². The van der Waals surface area contributed by atoms with Gasteiger partial charge in [0.1, 0.15) is 5.82 Å². The lowest BCUT2D eigenvalue weighted by atomic mass is 9.91. The lowest BCUT2D eigenvalue weighted by Gasteiger charge is -2.28. The van der Waals surface area contributed by atoms with E-state index < -0.39 is 41.1 Å². The summed E-state index contributed by atoms with van der Waals surface area (Å²) >= 11 is 0. The van der Waals surface area contributed by atoms with Crippen LogP contribution in [0.1, 0.15) is 82.1 Å². The highest BCUT2D eigenvalue weighted by Crippen LogP contribution is 2.41. The molecule has 11 nitrogen and oxygen atoms in total. The SMILES string of the molecule is CNC(=O)c1cc(F)ccc1CNC(=O)c1cc2nc(C)c([C@H](OC(C)(C)C)C(=O)O)c(-c3cc(F)c4c(c3C)CCCO4)n2n1. The summed E-state index contributed by atoms with van der Waals surface area (Å²) in [6.07, 6.45) is -0.269. The number of hydrogen-bond acceptors (Lipinski definition) is 7. The maximum absolute atomic E-state index is 15.6. The van der Waals surface area contributed by atoms with Crippen LogP contribution in [0, 0.1) is 25.5 Å². The fourth-order valence-electron chi connectivity index (χ4n) is 5.62. The molecule has 1 aliphatic rings. The number of carbonyl (C=O) groups is 3. The minimum Gasteiger partial charge on any atom is -0.490 e. The Morgan fingerprint density at radius 2 is 1.87 bits per heavy atom. The molecule has 2 aromatic carbocycles. The Morgan fingerprint density at radius 1 is 1.13 bits per heavy atom. The molecule has 4 aromatic rings. The molecule has 13 heteroatoms. The second-order valence-electron chi connectivity index (χ2n) is 12.1. The third-order valence-electron chi connectivity index (χ3n) is 7.69. The Bertz CT molecular complexity index is 1880. The summed E-state index contributed by atoms with van der Waals surface area (Å²) in [5.74, 6) is -3.48. The molecule has 0 unspecified atom stereocenters. The summed E-state index contributed by atoms with van der Waals surface area (Å²) in [6, 6.07) is 6.37. The summed E-state index contributed by atoms with van der Waals surface area (Å²) in [4.78, 5) is 42.9. The predicted molar refractivity (Wildman–Crippen MR) is 164 cm³/mol. The van der Waals surface area contributed by atoms with Gasteiger partial charge in [0.15, 0.2) is 29.0 Å². The van der Waals surface area contributed by atoms with E-state index in [-0.39, 0.29) is 40.5 Å². The molecule has 2 aromatic heterocycles. The predicted octanol–water partition coefficient (Wildman–Crippen LogP) is 4.85. The first-order valence-corrected chi connectivity index (χ1v) is 14.7. The molecule has 1 aliphatic heterocycles. The fourth-order valence-corrected chi connectivity index (χ4v) is 5.62. The van der Waals surface area contributed by atoms with Gasteiger partial charge in [0, 0.05) is 47.6 Å². The Labute approximate surface area is 263 Å². The number of fused-ring (bicyclic) bond motifs is 2. The van der Waals surface area contributed by atoms with Gasteiger partial charge in [0.25, 0.3) is 11.8 Å². The third kappa shape index (κ3) is 6.27. The molecule has 0 bridgehead atoms. The Morgan fingerprint density at radius 3 is 2.54 bits per heavy atom. The molecule has 0 saturated heterocycles. The highest BCUT2D eigenvalue weighted by molar-refractivity contribution is 5.96. The normalized spacial score (nSPS) is 13.6. The first-order chi connectivity index (χ1) is 21.7. The molecule has 0 saturated carbocycles. The molecule has 0 aliphatic carbocycles. The van der Waals surface area contributed by atoms with Crippen molar-refractivity contribution in [1.29, 1.82) is 0 Å². The lowest BCUT2D eigenvalue weighted by molar-refractivity contribution is -0.160. The molecular formula is C33H35F2N5O6. The van der Waals surface area contributed by atoms with Crippen LogP contribution >= 0.6 is 0 Å². The van der Waals surface area contributed by atoms with E-state index in [0.717, 1.165) is 6.07 Å². The molecule has 242 valence electrons. The minimum atomic E-state index is -1.51. The Balaban J connectivity index is 1.67. The van der Waals surface area contributed by atoms with E-state index in [1.54, 1.807) is 34.6 Å². The number of nitrogens with one attached hydrogen (secondary N) is 2. The molecule has 0 radical (unpaired) electrons. The van der Waals surface area contributed by atoms with Crippen LogP contribution in [0.2, 0.25) is 0 Å². The quantitative estimate of drug-likeness (QED) is 0.249. The van der Waals surface area contributed by atoms with Crippen LogP contribution in [0.25, 0.3) is 16.9 Å². The van der Waals surface area contributed by atoms with Crippen molar-refractivity contribution in [3.63, 3.8) is 0 Å². The molecule has 0 fully saturated rings. The van der Waals surface area contributed by atoms with E-state index in [2.05, 4.69) is 20.7 Å². The van der Waals surface area contributed by atoms with E-state index in [4.69, 9.17) is 9.47 Å². The zero-order valence-corrected chi connectivity index (χ0v) is 26.4. The molecule has 3 N–H and O–H groups in total. The van der Waals surface area contributed by atoms with Gasteiger partial charge >= 0.3 is 5.97 Å². The van der Waals surface area contributed by atoms with E-state index in [1.807, 2.05) is 0 Å². The second kappa shape index (κ2) is 12.5. The van der Waals surface area contributed by atoms with Crippen LogP contribution in [0.3, 0.4) is 0 Å². The van der Waals surface area contributed by atoms with E-state index in [1.165, 1.54) is 35.8 Å². The van der Waals surface area contributed by atoms with Gasteiger partial charge in [0.05, 0.1) is 17.9 Å². The molecule has 3 heterocycles. The summed E-state index contributed by atoms with van der Waals surface area (Å²) < 4.78 is 42.4. The van der Waals surface area contributed by atoms with Crippen LogP contribution in [0.4, 0.5) is 8.78 Å². The number of aromatic nitrogens is 3. The number of rotatable bonds is 8. The van der Waals surface area contributed by atoms with E-state index >= 15 is 4.39 Å². The number of carboxylic acids is 1. The maximum atomic E-state index is 15.6. The van der Waals surface area contributed by atoms with E-state index in [9.17, 15) is 23.9 Å². The molecule has 1 atom stereocenters. The standard InChI is InChI=1S/C33H35F2N5O6/c1-16-20-8-7-11-45-28(20)23(35)13-21(16)27-26(29(32(43)44)46-33(3,4)5)17(2)38-25-14-24(39-40(25)27)31(42)37-15-18-9-10-19(34)12-22(18)30(41)36-6/h9-10,12-14,29H,7-8,11,15H2,1-6H3,(H,36,41)(H,37,42)(H,43,44)/t29-/m0/s1. The lowest BCUT2D eigenvalue weighted by Crippen LogP contribution is -2.29. The Kier molecular flexibility index (Phi) is 8.81. The number of hydrogen-bond donors (Lipinski definition) is 3. The monoisotopic (exact) mass is 635 g/mol. The average molecular weight is 636 g/mol. The van der Waals surface area contributed by atoms with E-state index in [0.29, 0.717) is 47.4 Å². The number of nitrogens with zero attached hydrogens (tertiary/aromatic N) is 3. The largest absolute Gasteiger partial charge is 0.490 e. The van der Waals surface area contributed by atoms with Crippen molar-refractivity contribution in [2.45, 2.75) is 65.7 Å². The first kappa shape index (κ1) is 32.5. The molecule has 46 heavy (non-hydrogen) atoms. The van der Waals surface area contributed by atoms with Crippen molar-refractivity contribution in [1.82, 2.24) is 25.2 Å². The maximum Gasteiger partial charge on any atom is 0.337 e. The zero-order chi connectivity index (χ0) is 33.5. The van der Waals surface area contributed by atoms with Gasteiger partial charge in [-0.2, -0.15) is 5.10 Å². The minimum absolute atomic E-state index is 0.0643. The van der Waals surface area contributed by atoms with Gasteiger partial charge in [0.2, 0.25) is 0 Å². The molecule has 5 rings (SSSR count). The summed E-state index contributed by atoms with van der Waals surface area (Å²) in [5.41, 5.74) is 2.05. The third-order valence-corrected chi connectivity index (χ3v) is 7.69. The van der Waals surface area contributed by atoms with Crippen LogP contribution in [-0.2, 0) is 22.5 Å². The number of benzene rings is 2. The van der Waals surface area contributed by atoms with Crippen molar-refractivity contribution in [2.24, 2.45) is 0 Å². The van der Waals surface area contributed by atoms with Crippen LogP contribution in [0.15, 0.2) is 30.3 Å². The number of amides is 2. The van der Waals surface area contributed by atoms with Gasteiger partial charge in [-0.3, -0.25) is 9.59 Å². The van der Waals surface area contributed by atoms with Crippen LogP contribution in [0.5, 0.6) is 5.75 Å². The van der Waals surface area contributed by atoms with Crippen molar-refractivity contribution in [2.75, 3.05) is 13.7 Å². The second-order valence-corrected chi connectivity index (χ2v) is 12.1. The van der Waals surface area contributed by atoms with Crippen molar-refractivity contribution >= 4 is 23.4 Å². The van der Waals surface area contributed by atoms with Crippen molar-refractivity contribution in [3.05, 3.63) is 81.2 Å². The number of aliphatic carboxylic acids is 1. The number of carbonyl (C=O) groups excluding carboxylic acids is 2. The van der Waals surface area contributed by atoms with Crippen LogP contribution < -0.4 is 15.4 Å². The van der Waals surface area contributed by atoms with Gasteiger partial charge in [-0.05, 0) is 76.8 Å².